The maximum Gasteiger partial charge on any atom is 0.166 e. The molecule has 1 saturated heterocycles. The number of ether oxygens (including phenoxy) is 1. The van der Waals surface area contributed by atoms with Crippen LogP contribution in [0.5, 0.6) is 5.75 Å². The predicted octanol–water partition coefficient (Wildman–Crippen LogP) is 4.85. The standard InChI is InChI=1S/C25H25Cl2FN6O/c1-3-6-33-25(2)13-34(14-25)24-21(28)7-15(9-32-24)23(30)17-8-16(4-5-22(17)29)35-12-18-19(26)10-31-11-20(18)27/h3-5,7-11,30,33H,1,6,12-14,29H2,2H3. The molecule has 0 amide bonds. The van der Waals surface area contributed by atoms with Gasteiger partial charge in [0.15, 0.2) is 11.6 Å². The van der Waals surface area contributed by atoms with Crippen molar-refractivity contribution in [3.8, 4) is 5.75 Å². The van der Waals surface area contributed by atoms with Gasteiger partial charge in [-0.1, -0.05) is 29.3 Å². The number of nitrogens with one attached hydrogen (secondary N) is 2. The van der Waals surface area contributed by atoms with Gasteiger partial charge in [-0.25, -0.2) is 9.37 Å². The van der Waals surface area contributed by atoms with Crippen molar-refractivity contribution in [2.75, 3.05) is 30.3 Å². The van der Waals surface area contributed by atoms with Gasteiger partial charge in [0, 0.05) is 60.6 Å². The maximum absolute atomic E-state index is 14.9. The first-order valence-electron chi connectivity index (χ1n) is 10.9. The van der Waals surface area contributed by atoms with E-state index in [4.69, 9.17) is 39.1 Å². The Balaban J connectivity index is 1.48. The lowest BCUT2D eigenvalue weighted by Crippen LogP contribution is -2.68. The van der Waals surface area contributed by atoms with Crippen LogP contribution < -0.4 is 20.7 Å². The van der Waals surface area contributed by atoms with Crippen molar-refractivity contribution >= 4 is 40.4 Å². The van der Waals surface area contributed by atoms with Crippen LogP contribution in [0, 0.1) is 11.2 Å². The minimum atomic E-state index is -0.494. The SMILES string of the molecule is C=CCNC1(C)CN(c2ncc(C(=N)c3cc(OCc4c(Cl)cncc4Cl)ccc3N)cc2F)C1. The number of benzene rings is 1. The van der Waals surface area contributed by atoms with Crippen molar-refractivity contribution in [1.29, 1.82) is 5.41 Å². The fourth-order valence-electron chi connectivity index (χ4n) is 3.91. The van der Waals surface area contributed by atoms with Gasteiger partial charge in [0.1, 0.15) is 12.4 Å². The van der Waals surface area contributed by atoms with Crippen molar-refractivity contribution < 1.29 is 9.13 Å². The summed E-state index contributed by atoms with van der Waals surface area (Å²) >= 11 is 12.3. The Kier molecular flexibility index (Phi) is 7.25. The van der Waals surface area contributed by atoms with Gasteiger partial charge in [0.25, 0.3) is 0 Å². The summed E-state index contributed by atoms with van der Waals surface area (Å²) in [6, 6.07) is 6.24. The molecule has 0 radical (unpaired) electrons. The van der Waals surface area contributed by atoms with Gasteiger partial charge in [-0.2, -0.15) is 0 Å². The van der Waals surface area contributed by atoms with Gasteiger partial charge in [-0.05, 0) is 31.2 Å². The highest BCUT2D eigenvalue weighted by Gasteiger charge is 2.39. The highest BCUT2D eigenvalue weighted by molar-refractivity contribution is 6.35. The molecule has 4 rings (SSSR count). The summed E-state index contributed by atoms with van der Waals surface area (Å²) in [4.78, 5) is 10.1. The van der Waals surface area contributed by atoms with Crippen molar-refractivity contribution in [3.63, 3.8) is 0 Å². The third-order valence-corrected chi connectivity index (χ3v) is 6.44. The van der Waals surface area contributed by atoms with E-state index >= 15 is 0 Å². The number of nitrogen functional groups attached to an aromatic ring is 1. The van der Waals surface area contributed by atoms with E-state index in [2.05, 4.69) is 28.8 Å². The van der Waals surface area contributed by atoms with Gasteiger partial charge in [-0.3, -0.25) is 10.4 Å². The highest BCUT2D eigenvalue weighted by Crippen LogP contribution is 2.30. The van der Waals surface area contributed by atoms with E-state index < -0.39 is 5.82 Å². The first-order valence-corrected chi connectivity index (χ1v) is 11.6. The molecule has 0 atom stereocenters. The quantitative estimate of drug-likeness (QED) is 0.214. The molecule has 0 spiro atoms. The van der Waals surface area contributed by atoms with E-state index in [0.29, 0.717) is 57.8 Å². The fourth-order valence-corrected chi connectivity index (χ4v) is 4.38. The zero-order valence-corrected chi connectivity index (χ0v) is 20.6. The third-order valence-electron chi connectivity index (χ3n) is 5.79. The second kappa shape index (κ2) is 10.2. The van der Waals surface area contributed by atoms with E-state index in [-0.39, 0.29) is 23.7 Å². The number of nitrogens with zero attached hydrogens (tertiary/aromatic N) is 3. The summed E-state index contributed by atoms with van der Waals surface area (Å²) in [5, 5.41) is 12.8. The van der Waals surface area contributed by atoms with Gasteiger partial charge < -0.3 is 20.7 Å². The first-order chi connectivity index (χ1) is 16.7. The number of aromatic nitrogens is 2. The van der Waals surface area contributed by atoms with Crippen LogP contribution >= 0.6 is 23.2 Å². The van der Waals surface area contributed by atoms with Crippen LogP contribution in [0.1, 0.15) is 23.6 Å². The lowest BCUT2D eigenvalue weighted by atomic mass is 9.92. The first kappa shape index (κ1) is 24.9. The molecule has 0 unspecified atom stereocenters. The van der Waals surface area contributed by atoms with E-state index in [1.807, 2.05) is 4.90 Å². The predicted molar refractivity (Wildman–Crippen MR) is 138 cm³/mol. The molecule has 182 valence electrons. The Labute approximate surface area is 213 Å². The van der Waals surface area contributed by atoms with Crippen LogP contribution in [0.15, 0.2) is 55.5 Å². The molecule has 35 heavy (non-hydrogen) atoms. The molecule has 4 N–H and O–H groups in total. The number of hydrogen-bond donors (Lipinski definition) is 3. The van der Waals surface area contributed by atoms with Crippen LogP contribution in [-0.2, 0) is 6.61 Å². The minimum absolute atomic E-state index is 0.0342. The molecule has 1 fully saturated rings. The van der Waals surface area contributed by atoms with Gasteiger partial charge in [0.2, 0.25) is 0 Å². The van der Waals surface area contributed by atoms with Crippen LogP contribution in [0.4, 0.5) is 15.9 Å². The number of halogens is 3. The molecule has 0 saturated carbocycles. The Morgan fingerprint density at radius 3 is 2.66 bits per heavy atom. The van der Waals surface area contributed by atoms with E-state index in [1.54, 1.807) is 24.3 Å². The summed E-state index contributed by atoms with van der Waals surface area (Å²) in [5.41, 5.74) is 7.70. The van der Waals surface area contributed by atoms with Crippen LogP contribution in [0.3, 0.4) is 0 Å². The smallest absolute Gasteiger partial charge is 0.166 e. The zero-order chi connectivity index (χ0) is 25.2. The molecular formula is C25H25Cl2FN6O. The summed E-state index contributed by atoms with van der Waals surface area (Å²) in [6.45, 7) is 7.82. The molecule has 3 aromatic rings. The molecule has 10 heteroatoms. The van der Waals surface area contributed by atoms with Crippen LogP contribution in [0.2, 0.25) is 10.0 Å². The zero-order valence-electron chi connectivity index (χ0n) is 19.1. The fraction of sp³-hybridized carbons (Fsp3) is 0.240. The van der Waals surface area contributed by atoms with Gasteiger partial charge in [-0.15, -0.1) is 6.58 Å². The number of rotatable bonds is 9. The number of nitrogens with two attached hydrogens (primary N) is 1. The number of pyridine rings is 2. The Bertz CT molecular complexity index is 1260. The Morgan fingerprint density at radius 2 is 2.00 bits per heavy atom. The summed E-state index contributed by atoms with van der Waals surface area (Å²) in [5.74, 6) is 0.224. The molecule has 1 aliphatic heterocycles. The summed E-state index contributed by atoms with van der Waals surface area (Å²) in [7, 11) is 0. The van der Waals surface area contributed by atoms with E-state index in [1.165, 1.54) is 24.7 Å². The van der Waals surface area contributed by atoms with Crippen LogP contribution in [0.25, 0.3) is 0 Å². The summed E-state index contributed by atoms with van der Waals surface area (Å²) in [6.07, 6.45) is 6.25. The van der Waals surface area contributed by atoms with Crippen molar-refractivity contribution in [2.45, 2.75) is 19.1 Å². The monoisotopic (exact) mass is 514 g/mol. The van der Waals surface area contributed by atoms with Crippen LogP contribution in [-0.4, -0.2) is 40.9 Å². The van der Waals surface area contributed by atoms with E-state index in [0.717, 1.165) is 0 Å². The second-order valence-electron chi connectivity index (χ2n) is 8.61. The number of anilines is 2. The molecule has 0 bridgehead atoms. The molecule has 0 aliphatic carbocycles. The Morgan fingerprint density at radius 1 is 1.29 bits per heavy atom. The third kappa shape index (κ3) is 5.40. The van der Waals surface area contributed by atoms with Crippen molar-refractivity contribution in [1.82, 2.24) is 15.3 Å². The second-order valence-corrected chi connectivity index (χ2v) is 9.42. The molecular weight excluding hydrogens is 490 g/mol. The molecule has 3 heterocycles. The van der Waals surface area contributed by atoms with Crippen molar-refractivity contribution in [3.05, 3.63) is 88.1 Å². The molecule has 2 aromatic heterocycles. The maximum atomic E-state index is 14.9. The summed E-state index contributed by atoms with van der Waals surface area (Å²) < 4.78 is 20.8. The van der Waals surface area contributed by atoms with Crippen molar-refractivity contribution in [2.24, 2.45) is 0 Å². The molecule has 1 aromatic carbocycles. The molecule has 1 aliphatic rings. The Hall–Kier alpha value is -3.20. The lowest BCUT2D eigenvalue weighted by molar-refractivity contribution is 0.289. The lowest BCUT2D eigenvalue weighted by Gasteiger charge is -2.49. The van der Waals surface area contributed by atoms with Gasteiger partial charge in [0.05, 0.1) is 21.3 Å². The average molecular weight is 515 g/mol. The molecule has 7 nitrogen and oxygen atoms in total. The largest absolute Gasteiger partial charge is 0.489 e. The topological polar surface area (TPSA) is 100 Å². The highest BCUT2D eigenvalue weighted by atomic mass is 35.5. The normalized spacial score (nSPS) is 14.3. The minimum Gasteiger partial charge on any atom is -0.489 e. The van der Waals surface area contributed by atoms with Gasteiger partial charge >= 0.3 is 0 Å². The number of hydrogen-bond acceptors (Lipinski definition) is 7. The van der Waals surface area contributed by atoms with E-state index in [9.17, 15) is 4.39 Å². The average Bonchev–Trinajstić information content (AvgIpc) is 2.81.